The molecule has 0 amide bonds. The molecular weight excluding hydrogens is 164 g/mol. The first-order chi connectivity index (χ1) is 6.00. The van der Waals surface area contributed by atoms with Crippen molar-refractivity contribution in [3.05, 3.63) is 0 Å². The van der Waals surface area contributed by atoms with Crippen LogP contribution in [-0.2, 0) is 9.53 Å². The SMILES string of the molecule is CC(C)(C)C(=O)CC1CCCOC1. The quantitative estimate of drug-likeness (QED) is 0.658. The number of carbonyl (C=O) groups excluding carboxylic acids is 1. The molecule has 1 saturated heterocycles. The Morgan fingerprint density at radius 3 is 2.62 bits per heavy atom. The molecule has 1 aliphatic heterocycles. The molecule has 0 bridgehead atoms. The Bertz CT molecular complexity index is 173. The van der Waals surface area contributed by atoms with Gasteiger partial charge in [0.1, 0.15) is 5.78 Å². The summed E-state index contributed by atoms with van der Waals surface area (Å²) >= 11 is 0. The molecule has 1 aliphatic rings. The summed E-state index contributed by atoms with van der Waals surface area (Å²) in [7, 11) is 0. The van der Waals surface area contributed by atoms with Crippen molar-refractivity contribution in [1.82, 2.24) is 0 Å². The Balaban J connectivity index is 2.35. The highest BCUT2D eigenvalue weighted by Gasteiger charge is 2.25. The van der Waals surface area contributed by atoms with Crippen molar-refractivity contribution in [2.75, 3.05) is 13.2 Å². The normalized spacial score (nSPS) is 24.4. The summed E-state index contributed by atoms with van der Waals surface area (Å²) in [6.45, 7) is 7.61. The van der Waals surface area contributed by atoms with Crippen LogP contribution in [0.4, 0.5) is 0 Å². The highest BCUT2D eigenvalue weighted by atomic mass is 16.5. The minimum absolute atomic E-state index is 0.183. The van der Waals surface area contributed by atoms with Crippen LogP contribution >= 0.6 is 0 Å². The molecule has 0 aromatic heterocycles. The molecule has 0 aromatic carbocycles. The summed E-state index contributed by atoms with van der Waals surface area (Å²) in [5, 5.41) is 0. The van der Waals surface area contributed by atoms with Gasteiger partial charge in [-0.1, -0.05) is 20.8 Å². The van der Waals surface area contributed by atoms with Gasteiger partial charge >= 0.3 is 0 Å². The van der Waals surface area contributed by atoms with E-state index in [4.69, 9.17) is 4.74 Å². The van der Waals surface area contributed by atoms with Crippen LogP contribution in [0.5, 0.6) is 0 Å². The van der Waals surface area contributed by atoms with E-state index >= 15 is 0 Å². The maximum absolute atomic E-state index is 11.7. The molecular formula is C11H20O2. The standard InChI is InChI=1S/C11H20O2/c1-11(2,3)10(12)7-9-5-4-6-13-8-9/h9H,4-8H2,1-3H3. The third kappa shape index (κ3) is 3.47. The summed E-state index contributed by atoms with van der Waals surface area (Å²) in [4.78, 5) is 11.7. The van der Waals surface area contributed by atoms with Crippen molar-refractivity contribution in [2.24, 2.45) is 11.3 Å². The van der Waals surface area contributed by atoms with Gasteiger partial charge in [-0.25, -0.2) is 0 Å². The number of Topliss-reactive ketones (excluding diaryl/α,β-unsaturated/α-hetero) is 1. The molecule has 76 valence electrons. The van der Waals surface area contributed by atoms with Crippen molar-refractivity contribution in [1.29, 1.82) is 0 Å². The van der Waals surface area contributed by atoms with Gasteiger partial charge in [-0.05, 0) is 18.8 Å². The molecule has 0 aromatic rings. The lowest BCUT2D eigenvalue weighted by Crippen LogP contribution is -2.26. The molecule has 2 nitrogen and oxygen atoms in total. The van der Waals surface area contributed by atoms with Crippen molar-refractivity contribution in [3.8, 4) is 0 Å². The van der Waals surface area contributed by atoms with E-state index in [1.807, 2.05) is 20.8 Å². The van der Waals surface area contributed by atoms with Gasteiger partial charge in [0.25, 0.3) is 0 Å². The van der Waals surface area contributed by atoms with Gasteiger partial charge in [-0.3, -0.25) is 4.79 Å². The van der Waals surface area contributed by atoms with Crippen LogP contribution in [0.3, 0.4) is 0 Å². The van der Waals surface area contributed by atoms with Crippen molar-refractivity contribution >= 4 is 5.78 Å². The predicted molar refractivity (Wildman–Crippen MR) is 52.6 cm³/mol. The van der Waals surface area contributed by atoms with Crippen LogP contribution in [0.1, 0.15) is 40.0 Å². The van der Waals surface area contributed by atoms with Crippen molar-refractivity contribution in [3.63, 3.8) is 0 Å². The lowest BCUT2D eigenvalue weighted by Gasteiger charge is -2.24. The molecule has 1 atom stereocenters. The average Bonchev–Trinajstić information content (AvgIpc) is 2.04. The number of rotatable bonds is 2. The molecule has 0 spiro atoms. The molecule has 1 rings (SSSR count). The van der Waals surface area contributed by atoms with Gasteiger partial charge in [0.05, 0.1) is 0 Å². The summed E-state index contributed by atoms with van der Waals surface area (Å²) in [5.74, 6) is 0.837. The second-order valence-electron chi connectivity index (χ2n) is 4.96. The van der Waals surface area contributed by atoms with Crippen molar-refractivity contribution in [2.45, 2.75) is 40.0 Å². The highest BCUT2D eigenvalue weighted by Crippen LogP contribution is 2.24. The number of hydrogen-bond donors (Lipinski definition) is 0. The summed E-state index contributed by atoms with van der Waals surface area (Å²) in [6, 6.07) is 0. The zero-order valence-electron chi connectivity index (χ0n) is 8.93. The molecule has 13 heavy (non-hydrogen) atoms. The Hall–Kier alpha value is -0.370. The first-order valence-electron chi connectivity index (χ1n) is 5.11. The highest BCUT2D eigenvalue weighted by molar-refractivity contribution is 5.83. The van der Waals surface area contributed by atoms with Gasteiger partial charge in [0, 0.05) is 25.0 Å². The second kappa shape index (κ2) is 4.23. The zero-order chi connectivity index (χ0) is 9.90. The first-order valence-corrected chi connectivity index (χ1v) is 5.11. The Kier molecular flexibility index (Phi) is 3.48. The molecule has 1 unspecified atom stereocenters. The molecule has 1 fully saturated rings. The summed E-state index contributed by atoms with van der Waals surface area (Å²) in [6.07, 6.45) is 2.97. The van der Waals surface area contributed by atoms with Crippen LogP contribution in [0.15, 0.2) is 0 Å². The summed E-state index contributed by atoms with van der Waals surface area (Å²) in [5.41, 5.74) is -0.183. The van der Waals surface area contributed by atoms with E-state index in [-0.39, 0.29) is 5.41 Å². The molecule has 0 aliphatic carbocycles. The average molecular weight is 184 g/mol. The van der Waals surface area contributed by atoms with Gasteiger partial charge in [-0.2, -0.15) is 0 Å². The van der Waals surface area contributed by atoms with Crippen LogP contribution < -0.4 is 0 Å². The fourth-order valence-corrected chi connectivity index (χ4v) is 1.54. The van der Waals surface area contributed by atoms with Crippen LogP contribution in [-0.4, -0.2) is 19.0 Å². The van der Waals surface area contributed by atoms with Crippen LogP contribution in [0.2, 0.25) is 0 Å². The molecule has 0 N–H and O–H groups in total. The van der Waals surface area contributed by atoms with Gasteiger partial charge < -0.3 is 4.74 Å². The van der Waals surface area contributed by atoms with Crippen LogP contribution in [0.25, 0.3) is 0 Å². The predicted octanol–water partition coefficient (Wildman–Crippen LogP) is 2.42. The van der Waals surface area contributed by atoms with Gasteiger partial charge in [0.2, 0.25) is 0 Å². The number of carbonyl (C=O) groups is 1. The Morgan fingerprint density at radius 2 is 2.15 bits per heavy atom. The van der Waals surface area contributed by atoms with Gasteiger partial charge in [0.15, 0.2) is 0 Å². The molecule has 1 heterocycles. The first kappa shape index (κ1) is 10.7. The summed E-state index contributed by atoms with van der Waals surface area (Å²) < 4.78 is 5.34. The number of hydrogen-bond acceptors (Lipinski definition) is 2. The van der Waals surface area contributed by atoms with E-state index in [1.54, 1.807) is 0 Å². The minimum Gasteiger partial charge on any atom is -0.381 e. The van der Waals surface area contributed by atoms with Crippen molar-refractivity contribution < 1.29 is 9.53 Å². The topological polar surface area (TPSA) is 26.3 Å². The third-order valence-corrected chi connectivity index (χ3v) is 2.57. The Morgan fingerprint density at radius 1 is 1.46 bits per heavy atom. The Labute approximate surface area is 80.7 Å². The van der Waals surface area contributed by atoms with Gasteiger partial charge in [-0.15, -0.1) is 0 Å². The fourth-order valence-electron chi connectivity index (χ4n) is 1.54. The largest absolute Gasteiger partial charge is 0.381 e. The number of ether oxygens (including phenoxy) is 1. The van der Waals surface area contributed by atoms with Crippen LogP contribution in [0, 0.1) is 11.3 Å². The number of ketones is 1. The fraction of sp³-hybridized carbons (Fsp3) is 0.909. The van der Waals surface area contributed by atoms with E-state index in [9.17, 15) is 4.79 Å². The lowest BCUT2D eigenvalue weighted by molar-refractivity contribution is -0.128. The maximum atomic E-state index is 11.7. The third-order valence-electron chi connectivity index (χ3n) is 2.57. The second-order valence-corrected chi connectivity index (χ2v) is 4.96. The van der Waals surface area contributed by atoms with E-state index in [2.05, 4.69) is 0 Å². The van der Waals surface area contributed by atoms with E-state index < -0.39 is 0 Å². The monoisotopic (exact) mass is 184 g/mol. The smallest absolute Gasteiger partial charge is 0.138 e. The van der Waals surface area contributed by atoms with E-state index in [0.29, 0.717) is 18.1 Å². The van der Waals surface area contributed by atoms with E-state index in [0.717, 1.165) is 26.1 Å². The molecule has 0 radical (unpaired) electrons. The minimum atomic E-state index is -0.183. The zero-order valence-corrected chi connectivity index (χ0v) is 8.93. The molecule has 0 saturated carbocycles. The molecule has 2 heteroatoms. The lowest BCUT2D eigenvalue weighted by atomic mass is 9.84. The van der Waals surface area contributed by atoms with E-state index in [1.165, 1.54) is 0 Å². The maximum Gasteiger partial charge on any atom is 0.138 e.